The van der Waals surface area contributed by atoms with Crippen molar-refractivity contribution in [1.29, 1.82) is 0 Å². The Labute approximate surface area is 209 Å². The van der Waals surface area contributed by atoms with Gasteiger partial charge in [-0.15, -0.1) is 0 Å². The summed E-state index contributed by atoms with van der Waals surface area (Å²) in [6.45, 7) is 4.75. The molecule has 0 aromatic heterocycles. The molecule has 4 aromatic carbocycles. The van der Waals surface area contributed by atoms with E-state index in [0.29, 0.717) is 47.5 Å². The third-order valence-electron chi connectivity index (χ3n) is 5.89. The molecule has 0 heterocycles. The SMILES string of the molecule is CCCOc1c2ccccc2c(OCCC)c2c(Cc3ccccc3[N+](=O)[O-])c(S(=O)(=O)O)ccc12. The quantitative estimate of drug-likeness (QED) is 0.115. The Morgan fingerprint density at radius 2 is 1.42 bits per heavy atom. The first-order valence-electron chi connectivity index (χ1n) is 11.7. The molecule has 9 heteroatoms. The normalized spacial score (nSPS) is 11.6. The van der Waals surface area contributed by atoms with E-state index < -0.39 is 15.0 Å². The number of nitrogens with zero attached hydrogens (tertiary/aromatic N) is 1. The van der Waals surface area contributed by atoms with Crippen LogP contribution in [0.2, 0.25) is 0 Å². The molecule has 0 amide bonds. The van der Waals surface area contributed by atoms with Crippen LogP contribution in [0.15, 0.2) is 65.6 Å². The number of hydrogen-bond donors (Lipinski definition) is 1. The standard InChI is InChI=1S/C27H27NO7S/c1-3-15-34-26-19-10-6-7-11-20(19)27(35-16-4-2)25-21(26)13-14-24(36(31,32)33)22(25)17-18-9-5-8-12-23(18)28(29)30/h5-14H,3-4,15-17H2,1-2H3,(H,31,32,33). The van der Waals surface area contributed by atoms with E-state index in [1.54, 1.807) is 24.3 Å². The maximum absolute atomic E-state index is 12.5. The van der Waals surface area contributed by atoms with Gasteiger partial charge in [-0.2, -0.15) is 8.42 Å². The van der Waals surface area contributed by atoms with Gasteiger partial charge in [-0.1, -0.05) is 56.3 Å². The van der Waals surface area contributed by atoms with Crippen molar-refractivity contribution in [3.63, 3.8) is 0 Å². The van der Waals surface area contributed by atoms with Crippen molar-refractivity contribution in [2.45, 2.75) is 38.0 Å². The van der Waals surface area contributed by atoms with Crippen molar-refractivity contribution >= 4 is 37.4 Å². The second kappa shape index (κ2) is 10.5. The third-order valence-corrected chi connectivity index (χ3v) is 6.83. The molecular formula is C27H27NO7S. The molecule has 0 unspecified atom stereocenters. The van der Waals surface area contributed by atoms with Gasteiger partial charge in [0, 0.05) is 39.6 Å². The second-order valence-corrected chi connectivity index (χ2v) is 9.79. The molecule has 1 N–H and O–H groups in total. The van der Waals surface area contributed by atoms with Gasteiger partial charge >= 0.3 is 0 Å². The Bertz CT molecular complexity index is 1550. The topological polar surface area (TPSA) is 116 Å². The van der Waals surface area contributed by atoms with Gasteiger partial charge in [-0.3, -0.25) is 14.7 Å². The predicted octanol–water partition coefficient (Wildman–Crippen LogP) is 6.32. The number of ether oxygens (including phenoxy) is 2. The molecule has 0 saturated heterocycles. The van der Waals surface area contributed by atoms with Crippen LogP contribution in [0.5, 0.6) is 11.5 Å². The second-order valence-electron chi connectivity index (χ2n) is 8.40. The zero-order valence-corrected chi connectivity index (χ0v) is 20.9. The van der Waals surface area contributed by atoms with Crippen LogP contribution in [-0.4, -0.2) is 31.1 Å². The molecule has 0 saturated carbocycles. The Balaban J connectivity index is 2.17. The summed E-state index contributed by atoms with van der Waals surface area (Å²) in [4.78, 5) is 10.9. The van der Waals surface area contributed by atoms with Gasteiger partial charge in [-0.25, -0.2) is 0 Å². The minimum Gasteiger partial charge on any atom is -0.492 e. The lowest BCUT2D eigenvalue weighted by Crippen LogP contribution is -2.08. The molecule has 0 bridgehead atoms. The average Bonchev–Trinajstić information content (AvgIpc) is 2.85. The van der Waals surface area contributed by atoms with Crippen LogP contribution in [0.4, 0.5) is 5.69 Å². The van der Waals surface area contributed by atoms with Crippen LogP contribution in [-0.2, 0) is 16.5 Å². The highest BCUT2D eigenvalue weighted by Gasteiger charge is 2.26. The van der Waals surface area contributed by atoms with Crippen molar-refractivity contribution in [3.05, 3.63) is 81.9 Å². The van der Waals surface area contributed by atoms with E-state index in [0.717, 1.165) is 17.2 Å². The third kappa shape index (κ3) is 4.84. The lowest BCUT2D eigenvalue weighted by atomic mass is 9.93. The number of rotatable bonds is 10. The minimum absolute atomic E-state index is 0.113. The van der Waals surface area contributed by atoms with Crippen LogP contribution in [0.25, 0.3) is 21.5 Å². The molecule has 0 spiro atoms. The molecule has 4 rings (SSSR count). The smallest absolute Gasteiger partial charge is 0.294 e. The highest BCUT2D eigenvalue weighted by molar-refractivity contribution is 7.85. The van der Waals surface area contributed by atoms with Gasteiger partial charge in [0.1, 0.15) is 11.5 Å². The van der Waals surface area contributed by atoms with Crippen LogP contribution in [0.3, 0.4) is 0 Å². The number of hydrogen-bond acceptors (Lipinski definition) is 6. The first-order chi connectivity index (χ1) is 17.3. The average molecular weight is 510 g/mol. The van der Waals surface area contributed by atoms with Crippen molar-refractivity contribution in [1.82, 2.24) is 0 Å². The van der Waals surface area contributed by atoms with Gasteiger partial charge < -0.3 is 9.47 Å². The van der Waals surface area contributed by atoms with E-state index in [9.17, 15) is 23.1 Å². The number of para-hydroxylation sites is 1. The first kappa shape index (κ1) is 25.4. The van der Waals surface area contributed by atoms with E-state index in [1.165, 1.54) is 12.1 Å². The zero-order chi connectivity index (χ0) is 25.9. The largest absolute Gasteiger partial charge is 0.492 e. The molecule has 4 aromatic rings. The van der Waals surface area contributed by atoms with Gasteiger partial charge in [0.25, 0.3) is 15.8 Å². The summed E-state index contributed by atoms with van der Waals surface area (Å²) in [5.41, 5.74) is 0.378. The van der Waals surface area contributed by atoms with Gasteiger partial charge in [0.15, 0.2) is 0 Å². The monoisotopic (exact) mass is 509 g/mol. The maximum Gasteiger partial charge on any atom is 0.294 e. The molecule has 36 heavy (non-hydrogen) atoms. The molecule has 0 aliphatic heterocycles. The summed E-state index contributed by atoms with van der Waals surface area (Å²) in [7, 11) is -4.66. The predicted molar refractivity (Wildman–Crippen MR) is 139 cm³/mol. The van der Waals surface area contributed by atoms with Gasteiger partial charge in [0.05, 0.1) is 23.0 Å². The van der Waals surface area contributed by atoms with E-state index in [-0.39, 0.29) is 22.6 Å². The molecule has 0 aliphatic rings. The summed E-state index contributed by atoms with van der Waals surface area (Å²) in [5, 5.41) is 14.3. The fourth-order valence-electron chi connectivity index (χ4n) is 4.40. The Morgan fingerprint density at radius 3 is 2.03 bits per heavy atom. The summed E-state index contributed by atoms with van der Waals surface area (Å²) in [6, 6.07) is 16.6. The minimum atomic E-state index is -4.66. The van der Waals surface area contributed by atoms with E-state index >= 15 is 0 Å². The van der Waals surface area contributed by atoms with Crippen molar-refractivity contribution in [2.24, 2.45) is 0 Å². The lowest BCUT2D eigenvalue weighted by Gasteiger charge is -2.21. The molecule has 188 valence electrons. The zero-order valence-electron chi connectivity index (χ0n) is 20.1. The van der Waals surface area contributed by atoms with Crippen LogP contribution in [0, 0.1) is 10.1 Å². The van der Waals surface area contributed by atoms with E-state index in [4.69, 9.17) is 9.47 Å². The molecule has 0 atom stereocenters. The molecule has 0 aliphatic carbocycles. The van der Waals surface area contributed by atoms with Gasteiger partial charge in [-0.05, 0) is 30.5 Å². The maximum atomic E-state index is 12.5. The number of nitro groups is 1. The summed E-state index contributed by atoms with van der Waals surface area (Å²) >= 11 is 0. The molecule has 8 nitrogen and oxygen atoms in total. The molecule has 0 radical (unpaired) electrons. The summed E-state index contributed by atoms with van der Waals surface area (Å²) < 4.78 is 47.5. The van der Waals surface area contributed by atoms with E-state index in [1.807, 2.05) is 38.1 Å². The highest BCUT2D eigenvalue weighted by Crippen LogP contribution is 2.46. The van der Waals surface area contributed by atoms with Crippen LogP contribution >= 0.6 is 0 Å². The van der Waals surface area contributed by atoms with Gasteiger partial charge in [0.2, 0.25) is 0 Å². The van der Waals surface area contributed by atoms with Crippen molar-refractivity contribution < 1.29 is 27.4 Å². The van der Waals surface area contributed by atoms with Crippen molar-refractivity contribution in [3.8, 4) is 11.5 Å². The summed E-state index contributed by atoms with van der Waals surface area (Å²) in [5.74, 6) is 1.02. The first-order valence-corrected chi connectivity index (χ1v) is 13.2. The van der Waals surface area contributed by atoms with Crippen LogP contribution < -0.4 is 9.47 Å². The Hall–Kier alpha value is -3.69. The Morgan fingerprint density at radius 1 is 0.833 bits per heavy atom. The summed E-state index contributed by atoms with van der Waals surface area (Å²) in [6.07, 6.45) is 1.36. The lowest BCUT2D eigenvalue weighted by molar-refractivity contribution is -0.385. The number of nitro benzene ring substituents is 1. The number of fused-ring (bicyclic) bond motifs is 2. The fourth-order valence-corrected chi connectivity index (χ4v) is 5.12. The molecular weight excluding hydrogens is 482 g/mol. The van der Waals surface area contributed by atoms with Crippen molar-refractivity contribution in [2.75, 3.05) is 13.2 Å². The number of benzene rings is 4. The molecule has 0 fully saturated rings. The Kier molecular flexibility index (Phi) is 7.42. The van der Waals surface area contributed by atoms with Crippen LogP contribution in [0.1, 0.15) is 37.8 Å². The van der Waals surface area contributed by atoms with E-state index in [2.05, 4.69) is 0 Å². The fraction of sp³-hybridized carbons (Fsp3) is 0.259. The highest BCUT2D eigenvalue weighted by atomic mass is 32.2.